The van der Waals surface area contributed by atoms with Crippen molar-refractivity contribution in [3.63, 3.8) is 0 Å². The highest BCUT2D eigenvalue weighted by Crippen LogP contribution is 2.50. The predicted octanol–water partition coefficient (Wildman–Crippen LogP) is 6.38. The Balaban J connectivity index is 1.67. The summed E-state index contributed by atoms with van der Waals surface area (Å²) in [4.78, 5) is 14.7. The number of halogens is 1. The van der Waals surface area contributed by atoms with Gasteiger partial charge in [-0.15, -0.1) is 11.3 Å². The Kier molecular flexibility index (Phi) is 5.24. The lowest BCUT2D eigenvalue weighted by Gasteiger charge is -2.36. The summed E-state index contributed by atoms with van der Waals surface area (Å²) in [5, 5.41) is 6.30. The summed E-state index contributed by atoms with van der Waals surface area (Å²) < 4.78 is 11.1. The van der Waals surface area contributed by atoms with E-state index in [0.29, 0.717) is 22.9 Å². The quantitative estimate of drug-likeness (QED) is 0.500. The Morgan fingerprint density at radius 1 is 1.03 bits per heavy atom. The van der Waals surface area contributed by atoms with E-state index in [9.17, 15) is 4.79 Å². The van der Waals surface area contributed by atoms with Crippen molar-refractivity contribution in [3.8, 4) is 11.5 Å². The number of thiophene rings is 1. The van der Waals surface area contributed by atoms with Crippen LogP contribution in [0.25, 0.3) is 0 Å². The van der Waals surface area contributed by atoms with E-state index in [4.69, 9.17) is 21.1 Å². The fraction of sp³-hybridized carbons (Fsp3) is 0.240. The maximum Gasteiger partial charge on any atom is 0.162 e. The molecular weight excluding hydrogens is 430 g/mol. The number of carbonyl (C=O) groups excluding carboxylic acids is 1. The van der Waals surface area contributed by atoms with Crippen LogP contribution in [0.2, 0.25) is 5.02 Å². The highest BCUT2D eigenvalue weighted by atomic mass is 35.5. The number of hydrogen-bond donors (Lipinski definition) is 1. The van der Waals surface area contributed by atoms with E-state index in [1.54, 1.807) is 25.6 Å². The van der Waals surface area contributed by atoms with Crippen LogP contribution in [-0.2, 0) is 4.79 Å². The average molecular weight is 452 g/mol. The van der Waals surface area contributed by atoms with Crippen LogP contribution in [0.4, 0.5) is 5.69 Å². The van der Waals surface area contributed by atoms with Gasteiger partial charge in [0.1, 0.15) is 0 Å². The Labute approximate surface area is 190 Å². The molecule has 5 rings (SSSR count). The van der Waals surface area contributed by atoms with Gasteiger partial charge in [-0.2, -0.15) is 0 Å². The van der Waals surface area contributed by atoms with Crippen molar-refractivity contribution in [1.82, 2.24) is 0 Å². The van der Waals surface area contributed by atoms with Gasteiger partial charge in [0.15, 0.2) is 17.3 Å². The summed E-state index contributed by atoms with van der Waals surface area (Å²) in [7, 11) is 3.26. The first kappa shape index (κ1) is 20.2. The van der Waals surface area contributed by atoms with Gasteiger partial charge in [0.05, 0.1) is 14.2 Å². The summed E-state index contributed by atoms with van der Waals surface area (Å²) in [5.41, 5.74) is 4.82. The lowest BCUT2D eigenvalue weighted by atomic mass is 9.73. The zero-order valence-corrected chi connectivity index (χ0v) is 18.8. The van der Waals surface area contributed by atoms with Gasteiger partial charge in [-0.25, -0.2) is 0 Å². The average Bonchev–Trinajstić information content (AvgIpc) is 3.32. The number of carbonyl (C=O) groups is 1. The second-order valence-corrected chi connectivity index (χ2v) is 9.26. The number of hydrogen-bond acceptors (Lipinski definition) is 5. The predicted molar refractivity (Wildman–Crippen MR) is 125 cm³/mol. The van der Waals surface area contributed by atoms with Crippen LogP contribution in [0.3, 0.4) is 0 Å². The summed E-state index contributed by atoms with van der Waals surface area (Å²) in [6.45, 7) is 0. The number of Topliss-reactive ketones (excluding diaryl/α,β-unsaturated/α-hetero) is 1. The summed E-state index contributed by atoms with van der Waals surface area (Å²) >= 11 is 7.87. The normalized spacial score (nSPS) is 20.0. The summed E-state index contributed by atoms with van der Waals surface area (Å²) in [6.07, 6.45) is 1.33. The number of benzene rings is 2. The largest absolute Gasteiger partial charge is 0.493 e. The number of ketones is 1. The highest BCUT2D eigenvalue weighted by Gasteiger charge is 2.39. The first-order chi connectivity index (χ1) is 15.1. The van der Waals surface area contributed by atoms with Gasteiger partial charge in [0, 0.05) is 51.2 Å². The minimum Gasteiger partial charge on any atom is -0.493 e. The van der Waals surface area contributed by atoms with Crippen molar-refractivity contribution in [2.75, 3.05) is 19.5 Å². The molecule has 158 valence electrons. The molecule has 2 aliphatic rings. The maximum absolute atomic E-state index is 13.5. The lowest BCUT2D eigenvalue weighted by Crippen LogP contribution is -2.29. The van der Waals surface area contributed by atoms with Crippen molar-refractivity contribution in [2.45, 2.75) is 24.7 Å². The molecule has 0 radical (unpaired) electrons. The molecule has 3 aromatic rings. The molecule has 0 saturated heterocycles. The smallest absolute Gasteiger partial charge is 0.162 e. The van der Waals surface area contributed by atoms with Crippen molar-refractivity contribution < 1.29 is 14.3 Å². The molecule has 1 aliphatic heterocycles. The molecule has 1 N–H and O–H groups in total. The van der Waals surface area contributed by atoms with Crippen LogP contribution >= 0.6 is 22.9 Å². The van der Waals surface area contributed by atoms with E-state index in [0.717, 1.165) is 34.5 Å². The molecule has 0 amide bonds. The van der Waals surface area contributed by atoms with E-state index in [1.807, 2.05) is 42.5 Å². The molecule has 4 nitrogen and oxygen atoms in total. The van der Waals surface area contributed by atoms with Crippen molar-refractivity contribution in [2.24, 2.45) is 0 Å². The monoisotopic (exact) mass is 451 g/mol. The van der Waals surface area contributed by atoms with E-state index in [2.05, 4.69) is 16.8 Å². The second kappa shape index (κ2) is 8.06. The number of rotatable bonds is 4. The molecule has 0 fully saturated rings. The van der Waals surface area contributed by atoms with E-state index in [-0.39, 0.29) is 17.6 Å². The standard InChI is InChI=1S/C25H22ClNO3S/c1-29-21-12-17-18(13-22(21)30-2)27-19-10-15(23-4-3-9-31-23)11-20(28)25(19)24(17)14-5-7-16(26)8-6-14/h3-9,12-13,15,24,27H,10-11H2,1-2H3/t15-,24+/m0/s1. The first-order valence-electron chi connectivity index (χ1n) is 10.2. The van der Waals surface area contributed by atoms with Gasteiger partial charge >= 0.3 is 0 Å². The Morgan fingerprint density at radius 2 is 1.77 bits per heavy atom. The second-order valence-electron chi connectivity index (χ2n) is 7.84. The molecule has 0 spiro atoms. The van der Waals surface area contributed by atoms with Gasteiger partial charge in [0.25, 0.3) is 0 Å². The maximum atomic E-state index is 13.5. The zero-order valence-electron chi connectivity index (χ0n) is 17.3. The molecule has 2 atom stereocenters. The van der Waals surface area contributed by atoms with E-state index >= 15 is 0 Å². The lowest BCUT2D eigenvalue weighted by molar-refractivity contribution is -0.116. The number of ether oxygens (including phenoxy) is 2. The Morgan fingerprint density at radius 3 is 2.45 bits per heavy atom. The Hall–Kier alpha value is -2.76. The number of anilines is 1. The van der Waals surface area contributed by atoms with E-state index in [1.165, 1.54) is 4.88 Å². The minimum absolute atomic E-state index is 0.180. The number of methoxy groups -OCH3 is 2. The Bertz CT molecular complexity index is 1170. The van der Waals surface area contributed by atoms with Crippen LogP contribution < -0.4 is 14.8 Å². The fourth-order valence-corrected chi connectivity index (χ4v) is 5.63. The van der Waals surface area contributed by atoms with Gasteiger partial charge in [0.2, 0.25) is 0 Å². The molecule has 1 aliphatic carbocycles. The van der Waals surface area contributed by atoms with Gasteiger partial charge in [-0.1, -0.05) is 29.8 Å². The molecule has 1 aromatic heterocycles. The van der Waals surface area contributed by atoms with Gasteiger partial charge in [-0.05, 0) is 47.2 Å². The van der Waals surface area contributed by atoms with Crippen molar-refractivity contribution in [3.05, 3.63) is 86.2 Å². The topological polar surface area (TPSA) is 47.6 Å². The molecule has 0 saturated carbocycles. The molecule has 6 heteroatoms. The molecule has 2 heterocycles. The number of fused-ring (bicyclic) bond motifs is 1. The van der Waals surface area contributed by atoms with Crippen molar-refractivity contribution >= 4 is 34.4 Å². The van der Waals surface area contributed by atoms with Crippen molar-refractivity contribution in [1.29, 1.82) is 0 Å². The molecule has 2 aromatic carbocycles. The third kappa shape index (κ3) is 3.52. The van der Waals surface area contributed by atoms with Gasteiger partial charge in [-0.3, -0.25) is 4.79 Å². The first-order valence-corrected chi connectivity index (χ1v) is 11.4. The zero-order chi connectivity index (χ0) is 21.5. The molecule has 0 bridgehead atoms. The third-order valence-corrected chi connectivity index (χ3v) is 7.38. The molecule has 0 unspecified atom stereocenters. The van der Waals surface area contributed by atoms with Crippen LogP contribution in [0.1, 0.15) is 40.7 Å². The number of allylic oxidation sites excluding steroid dienone is 2. The van der Waals surface area contributed by atoms with Gasteiger partial charge < -0.3 is 14.8 Å². The fourth-order valence-electron chi connectivity index (χ4n) is 4.67. The molecule has 31 heavy (non-hydrogen) atoms. The molecular formula is C25H22ClNO3S. The van der Waals surface area contributed by atoms with Crippen LogP contribution in [0.5, 0.6) is 11.5 Å². The van der Waals surface area contributed by atoms with Crippen LogP contribution in [0.15, 0.2) is 65.2 Å². The number of nitrogens with one attached hydrogen (secondary N) is 1. The van der Waals surface area contributed by atoms with Crippen LogP contribution in [0, 0.1) is 0 Å². The summed E-state index contributed by atoms with van der Waals surface area (Å²) in [5.74, 6) is 1.51. The SMILES string of the molecule is COc1cc2c(cc1OC)[C@@H](c1ccc(Cl)cc1)C1=C(C[C@H](c3cccs3)CC1=O)N2. The third-order valence-electron chi connectivity index (χ3n) is 6.10. The highest BCUT2D eigenvalue weighted by molar-refractivity contribution is 7.10. The van der Waals surface area contributed by atoms with E-state index < -0.39 is 0 Å². The minimum atomic E-state index is -0.180. The summed E-state index contributed by atoms with van der Waals surface area (Å²) in [6, 6.07) is 15.9. The van der Waals surface area contributed by atoms with Crippen LogP contribution in [-0.4, -0.2) is 20.0 Å².